The van der Waals surface area contributed by atoms with Gasteiger partial charge in [-0.1, -0.05) is 0 Å². The third-order valence-corrected chi connectivity index (χ3v) is 1.52. The zero-order valence-corrected chi connectivity index (χ0v) is 7.62. The topological polar surface area (TPSA) is 47.6 Å². The lowest BCUT2D eigenvalue weighted by molar-refractivity contribution is 0.111. The molecule has 0 saturated carbocycles. The Bertz CT molecular complexity index is 299. The first-order valence-electron chi connectivity index (χ1n) is 3.90. The summed E-state index contributed by atoms with van der Waals surface area (Å²) in [5, 5.41) is 2.34. The highest BCUT2D eigenvalue weighted by atomic mass is 19.1. The van der Waals surface area contributed by atoms with Crippen molar-refractivity contribution in [2.75, 3.05) is 19.3 Å². The largest absolute Gasteiger partial charge is 0.497 e. The summed E-state index contributed by atoms with van der Waals surface area (Å²) in [5.41, 5.74) is 0.518. The lowest BCUT2D eigenvalue weighted by atomic mass is 10.3. The number of benzene rings is 1. The molecular weight excluding hydrogens is 189 g/mol. The Morgan fingerprint density at radius 2 is 2.07 bits per heavy atom. The highest BCUT2D eigenvalue weighted by Gasteiger charge is 2.01. The fraction of sp³-hybridized carbons (Fsp3) is 0.222. The van der Waals surface area contributed by atoms with E-state index in [9.17, 15) is 9.18 Å². The SMILES string of the molecule is COc1ccc(NC(=O)OCF)cc1. The van der Waals surface area contributed by atoms with Crippen molar-refractivity contribution in [3.8, 4) is 5.75 Å². The van der Waals surface area contributed by atoms with Crippen LogP contribution in [0.15, 0.2) is 24.3 Å². The summed E-state index contributed by atoms with van der Waals surface area (Å²) in [7, 11) is 1.54. The Labute approximate surface area is 80.6 Å². The van der Waals surface area contributed by atoms with Gasteiger partial charge >= 0.3 is 6.09 Å². The third kappa shape index (κ3) is 2.93. The van der Waals surface area contributed by atoms with Gasteiger partial charge in [-0.05, 0) is 24.3 Å². The van der Waals surface area contributed by atoms with Crippen LogP contribution in [0.4, 0.5) is 14.9 Å². The van der Waals surface area contributed by atoms with E-state index in [0.717, 1.165) is 0 Å². The van der Waals surface area contributed by atoms with Crippen LogP contribution in [0.3, 0.4) is 0 Å². The summed E-state index contributed by atoms with van der Waals surface area (Å²) in [4.78, 5) is 10.8. The second-order valence-electron chi connectivity index (χ2n) is 2.39. The van der Waals surface area contributed by atoms with Crippen molar-refractivity contribution in [1.29, 1.82) is 0 Å². The monoisotopic (exact) mass is 199 g/mol. The number of rotatable bonds is 3. The van der Waals surface area contributed by atoms with E-state index in [1.165, 1.54) is 0 Å². The van der Waals surface area contributed by atoms with E-state index < -0.39 is 13.0 Å². The van der Waals surface area contributed by atoms with Gasteiger partial charge in [0.05, 0.1) is 7.11 Å². The number of methoxy groups -OCH3 is 1. The first-order chi connectivity index (χ1) is 6.76. The first kappa shape index (κ1) is 10.3. The van der Waals surface area contributed by atoms with Gasteiger partial charge in [-0.25, -0.2) is 9.18 Å². The van der Waals surface area contributed by atoms with Gasteiger partial charge in [0.1, 0.15) is 5.75 Å². The van der Waals surface area contributed by atoms with Crippen LogP contribution in [0, 0.1) is 0 Å². The number of carbonyl (C=O) groups is 1. The smallest absolute Gasteiger partial charge is 0.413 e. The predicted molar refractivity (Wildman–Crippen MR) is 49.1 cm³/mol. The van der Waals surface area contributed by atoms with E-state index >= 15 is 0 Å². The van der Waals surface area contributed by atoms with Crippen LogP contribution in [0.1, 0.15) is 0 Å². The van der Waals surface area contributed by atoms with Gasteiger partial charge < -0.3 is 9.47 Å². The van der Waals surface area contributed by atoms with Crippen LogP contribution < -0.4 is 10.1 Å². The molecule has 0 radical (unpaired) electrons. The molecule has 0 atom stereocenters. The Morgan fingerprint density at radius 1 is 1.43 bits per heavy atom. The van der Waals surface area contributed by atoms with Crippen LogP contribution in [0.25, 0.3) is 0 Å². The molecule has 1 rings (SSSR count). The number of halogens is 1. The van der Waals surface area contributed by atoms with Crippen molar-refractivity contribution in [2.45, 2.75) is 0 Å². The number of hydrogen-bond donors (Lipinski definition) is 1. The van der Waals surface area contributed by atoms with Crippen molar-refractivity contribution in [3.05, 3.63) is 24.3 Å². The first-order valence-corrected chi connectivity index (χ1v) is 3.90. The molecule has 0 heterocycles. The van der Waals surface area contributed by atoms with Gasteiger partial charge in [0.15, 0.2) is 0 Å². The molecule has 4 nitrogen and oxygen atoms in total. The van der Waals surface area contributed by atoms with Crippen molar-refractivity contribution < 1.29 is 18.7 Å². The van der Waals surface area contributed by atoms with E-state index in [1.807, 2.05) is 0 Å². The van der Waals surface area contributed by atoms with E-state index in [2.05, 4.69) is 10.1 Å². The number of amides is 1. The lowest BCUT2D eigenvalue weighted by Gasteiger charge is -2.04. The Kier molecular flexibility index (Phi) is 3.72. The quantitative estimate of drug-likeness (QED) is 0.811. The minimum atomic E-state index is -1.14. The van der Waals surface area contributed by atoms with E-state index in [1.54, 1.807) is 31.4 Å². The molecule has 0 saturated heterocycles. The molecule has 1 N–H and O–H groups in total. The van der Waals surface area contributed by atoms with Gasteiger partial charge in [0, 0.05) is 5.69 Å². The maximum Gasteiger partial charge on any atom is 0.413 e. The summed E-state index contributed by atoms with van der Waals surface area (Å²) >= 11 is 0. The lowest BCUT2D eigenvalue weighted by Crippen LogP contribution is -2.12. The van der Waals surface area contributed by atoms with Gasteiger partial charge in [0.25, 0.3) is 0 Å². The molecule has 76 valence electrons. The molecule has 0 fully saturated rings. The number of hydrogen-bond acceptors (Lipinski definition) is 3. The summed E-state index contributed by atoms with van der Waals surface area (Å²) in [6.45, 7) is -1.14. The molecule has 5 heteroatoms. The van der Waals surface area contributed by atoms with E-state index in [-0.39, 0.29) is 0 Å². The molecule has 0 spiro atoms. The molecular formula is C9H10FNO3. The number of anilines is 1. The molecule has 0 aliphatic carbocycles. The number of nitrogens with one attached hydrogen (secondary N) is 1. The van der Waals surface area contributed by atoms with E-state index in [0.29, 0.717) is 11.4 Å². The summed E-state index contributed by atoms with van der Waals surface area (Å²) in [6.07, 6.45) is -0.822. The Hall–Kier alpha value is -1.78. The molecule has 1 aromatic carbocycles. The van der Waals surface area contributed by atoms with Crippen LogP contribution >= 0.6 is 0 Å². The second kappa shape index (κ2) is 5.06. The zero-order chi connectivity index (χ0) is 10.4. The zero-order valence-electron chi connectivity index (χ0n) is 7.62. The summed E-state index contributed by atoms with van der Waals surface area (Å²) in [6, 6.07) is 6.59. The standard InChI is InChI=1S/C9H10FNO3/c1-13-8-4-2-7(3-5-8)11-9(12)14-6-10/h2-5H,6H2,1H3,(H,11,12). The number of carbonyl (C=O) groups excluding carboxylic acids is 1. The maximum absolute atomic E-state index is 11.6. The van der Waals surface area contributed by atoms with Crippen LogP contribution in [-0.4, -0.2) is 20.1 Å². The molecule has 0 aromatic heterocycles. The molecule has 0 unspecified atom stereocenters. The summed E-state index contributed by atoms with van der Waals surface area (Å²) < 4.78 is 20.5. The fourth-order valence-corrected chi connectivity index (χ4v) is 0.878. The highest BCUT2D eigenvalue weighted by molar-refractivity contribution is 5.84. The number of alkyl halides is 1. The Morgan fingerprint density at radius 3 is 2.57 bits per heavy atom. The van der Waals surface area contributed by atoms with Crippen LogP contribution in [0.5, 0.6) is 5.75 Å². The van der Waals surface area contributed by atoms with Crippen LogP contribution in [0.2, 0.25) is 0 Å². The predicted octanol–water partition coefficient (Wildman–Crippen LogP) is 2.17. The Balaban J connectivity index is 2.55. The van der Waals surface area contributed by atoms with Crippen molar-refractivity contribution in [3.63, 3.8) is 0 Å². The molecule has 0 aliphatic heterocycles. The molecule has 1 amide bonds. The summed E-state index contributed by atoms with van der Waals surface area (Å²) in [5.74, 6) is 0.675. The van der Waals surface area contributed by atoms with Gasteiger partial charge in [-0.2, -0.15) is 0 Å². The van der Waals surface area contributed by atoms with Gasteiger partial charge in [-0.15, -0.1) is 0 Å². The fourth-order valence-electron chi connectivity index (χ4n) is 0.878. The maximum atomic E-state index is 11.6. The van der Waals surface area contributed by atoms with Crippen molar-refractivity contribution >= 4 is 11.8 Å². The van der Waals surface area contributed by atoms with Gasteiger partial charge in [0.2, 0.25) is 6.86 Å². The average Bonchev–Trinajstić information content (AvgIpc) is 2.19. The molecule has 1 aromatic rings. The minimum absolute atomic E-state index is 0.518. The van der Waals surface area contributed by atoms with Gasteiger partial charge in [-0.3, -0.25) is 5.32 Å². The highest BCUT2D eigenvalue weighted by Crippen LogP contribution is 2.14. The van der Waals surface area contributed by atoms with Crippen molar-refractivity contribution in [1.82, 2.24) is 0 Å². The van der Waals surface area contributed by atoms with E-state index in [4.69, 9.17) is 4.74 Å². The minimum Gasteiger partial charge on any atom is -0.497 e. The third-order valence-electron chi connectivity index (χ3n) is 1.52. The molecule has 0 aliphatic rings. The average molecular weight is 199 g/mol. The molecule has 0 bridgehead atoms. The van der Waals surface area contributed by atoms with Crippen molar-refractivity contribution in [2.24, 2.45) is 0 Å². The normalized spacial score (nSPS) is 9.29. The number of ether oxygens (including phenoxy) is 2. The second-order valence-corrected chi connectivity index (χ2v) is 2.39. The van der Waals surface area contributed by atoms with Crippen LogP contribution in [-0.2, 0) is 4.74 Å². The molecule has 14 heavy (non-hydrogen) atoms.